The molecule has 3 aliphatic rings. The monoisotopic (exact) mass is 371 g/mol. The molecule has 4 heterocycles. The van der Waals surface area contributed by atoms with E-state index in [2.05, 4.69) is 4.98 Å². The number of likely N-dealkylation sites (tertiary alicyclic amines) is 1. The lowest BCUT2D eigenvalue weighted by molar-refractivity contribution is -0.142. The topological polar surface area (TPSA) is 72.0 Å². The third-order valence-electron chi connectivity index (χ3n) is 5.83. The van der Waals surface area contributed by atoms with Gasteiger partial charge in [-0.3, -0.25) is 14.6 Å². The van der Waals surface area contributed by atoms with Crippen LogP contribution < -0.4 is 0 Å². The van der Waals surface area contributed by atoms with Gasteiger partial charge in [0.1, 0.15) is 5.60 Å². The Morgan fingerprint density at radius 1 is 1.48 bits per heavy atom. The van der Waals surface area contributed by atoms with Crippen LogP contribution in [0.25, 0.3) is 0 Å². The van der Waals surface area contributed by atoms with E-state index in [0.29, 0.717) is 32.7 Å². The molecule has 1 spiro atoms. The van der Waals surface area contributed by atoms with Gasteiger partial charge in [0, 0.05) is 45.6 Å². The van der Waals surface area contributed by atoms with Crippen LogP contribution in [0, 0.1) is 11.8 Å². The van der Waals surface area contributed by atoms with Gasteiger partial charge in [0.05, 0.1) is 31.1 Å². The lowest BCUT2D eigenvalue weighted by Gasteiger charge is -2.27. The van der Waals surface area contributed by atoms with E-state index in [-0.39, 0.29) is 17.9 Å². The van der Waals surface area contributed by atoms with Crippen molar-refractivity contribution in [1.82, 2.24) is 14.8 Å². The molecule has 2 fully saturated rings. The number of amides is 2. The molecule has 0 N–H and O–H groups in total. The highest BCUT2D eigenvalue weighted by molar-refractivity contribution is 5.93. The standard InChI is InChI=1S/C20H25N3O4/c1-22(10-7-14-5-3-4-9-21-14)18(24)16-15-6-8-20(27-15)13-23(11-12-26-2)19(25)17(16)20/h3-6,8-9,15-17H,7,10-13H2,1-2H3/t15-,16?,17?,20-/m0/s1. The normalized spacial score (nSPS) is 30.8. The molecular weight excluding hydrogens is 346 g/mol. The Bertz CT molecular complexity index is 753. The number of aromatic nitrogens is 1. The van der Waals surface area contributed by atoms with E-state index in [0.717, 1.165) is 5.69 Å². The second kappa shape index (κ2) is 7.05. The molecule has 2 saturated heterocycles. The molecule has 4 rings (SSSR count). The summed E-state index contributed by atoms with van der Waals surface area (Å²) in [6, 6.07) is 5.76. The third-order valence-corrected chi connectivity index (χ3v) is 5.83. The maximum atomic E-state index is 13.2. The SMILES string of the molecule is COCCN1C[C@]23C=C[C@H](O2)C(C(=O)N(C)CCc2ccccn2)C3C1=O. The van der Waals surface area contributed by atoms with Crippen molar-refractivity contribution in [3.05, 3.63) is 42.2 Å². The molecule has 1 aromatic rings. The number of rotatable bonds is 7. The summed E-state index contributed by atoms with van der Waals surface area (Å²) in [5.74, 6) is -0.928. The summed E-state index contributed by atoms with van der Waals surface area (Å²) in [7, 11) is 3.40. The number of hydrogen-bond donors (Lipinski definition) is 0. The van der Waals surface area contributed by atoms with Crippen molar-refractivity contribution in [2.75, 3.05) is 40.4 Å². The smallest absolute Gasteiger partial charge is 0.230 e. The highest BCUT2D eigenvalue weighted by atomic mass is 16.5. The summed E-state index contributed by atoms with van der Waals surface area (Å²) < 4.78 is 11.2. The van der Waals surface area contributed by atoms with E-state index >= 15 is 0 Å². The van der Waals surface area contributed by atoms with Crippen molar-refractivity contribution < 1.29 is 19.1 Å². The van der Waals surface area contributed by atoms with E-state index in [1.165, 1.54) is 0 Å². The number of fused-ring (bicyclic) bond motifs is 1. The zero-order valence-corrected chi connectivity index (χ0v) is 15.7. The maximum Gasteiger partial charge on any atom is 0.230 e. The van der Waals surface area contributed by atoms with Crippen molar-refractivity contribution in [1.29, 1.82) is 0 Å². The Kier molecular flexibility index (Phi) is 4.74. The van der Waals surface area contributed by atoms with Gasteiger partial charge in [-0.2, -0.15) is 0 Å². The molecule has 27 heavy (non-hydrogen) atoms. The molecule has 4 atom stereocenters. The first-order valence-corrected chi connectivity index (χ1v) is 9.35. The van der Waals surface area contributed by atoms with Gasteiger partial charge in [-0.05, 0) is 12.1 Å². The number of likely N-dealkylation sites (N-methyl/N-ethyl adjacent to an activating group) is 1. The van der Waals surface area contributed by atoms with Crippen molar-refractivity contribution in [3.63, 3.8) is 0 Å². The molecule has 7 nitrogen and oxygen atoms in total. The number of methoxy groups -OCH3 is 1. The molecule has 7 heteroatoms. The molecule has 0 radical (unpaired) electrons. The van der Waals surface area contributed by atoms with Gasteiger partial charge >= 0.3 is 0 Å². The van der Waals surface area contributed by atoms with Crippen molar-refractivity contribution in [3.8, 4) is 0 Å². The quantitative estimate of drug-likeness (QED) is 0.653. The summed E-state index contributed by atoms with van der Waals surface area (Å²) in [6.07, 6.45) is 6.04. The van der Waals surface area contributed by atoms with Crippen LogP contribution in [0.4, 0.5) is 0 Å². The second-order valence-corrected chi connectivity index (χ2v) is 7.48. The van der Waals surface area contributed by atoms with Gasteiger partial charge in [-0.1, -0.05) is 18.2 Å². The van der Waals surface area contributed by atoms with Gasteiger partial charge in [-0.15, -0.1) is 0 Å². The van der Waals surface area contributed by atoms with Crippen LogP contribution in [0.15, 0.2) is 36.5 Å². The predicted octanol–water partition coefficient (Wildman–Crippen LogP) is 0.511. The molecule has 0 saturated carbocycles. The first kappa shape index (κ1) is 18.1. The Hall–Kier alpha value is -2.25. The number of pyridine rings is 1. The minimum atomic E-state index is -0.655. The molecule has 2 amide bonds. The van der Waals surface area contributed by atoms with Crippen LogP contribution in [-0.4, -0.2) is 78.7 Å². The van der Waals surface area contributed by atoms with E-state index in [4.69, 9.17) is 9.47 Å². The first-order valence-electron chi connectivity index (χ1n) is 9.35. The Morgan fingerprint density at radius 2 is 2.33 bits per heavy atom. The molecule has 3 aliphatic heterocycles. The molecule has 0 aromatic carbocycles. The fraction of sp³-hybridized carbons (Fsp3) is 0.550. The Labute approximate surface area is 158 Å². The van der Waals surface area contributed by atoms with Crippen LogP contribution in [0.1, 0.15) is 5.69 Å². The highest BCUT2D eigenvalue weighted by Gasteiger charge is 2.66. The van der Waals surface area contributed by atoms with E-state index < -0.39 is 17.4 Å². The van der Waals surface area contributed by atoms with E-state index in [1.54, 1.807) is 30.2 Å². The van der Waals surface area contributed by atoms with Gasteiger partial charge in [0.2, 0.25) is 11.8 Å². The fourth-order valence-electron chi connectivity index (χ4n) is 4.44. The van der Waals surface area contributed by atoms with Crippen LogP contribution in [-0.2, 0) is 25.5 Å². The maximum absolute atomic E-state index is 13.2. The number of carbonyl (C=O) groups is 2. The number of carbonyl (C=O) groups excluding carboxylic acids is 2. The molecule has 2 bridgehead atoms. The molecule has 0 aliphatic carbocycles. The second-order valence-electron chi connectivity index (χ2n) is 7.48. The average Bonchev–Trinajstić information content (AvgIpc) is 3.33. The number of nitrogens with zero attached hydrogens (tertiary/aromatic N) is 3. The molecule has 144 valence electrons. The van der Waals surface area contributed by atoms with Crippen molar-refractivity contribution >= 4 is 11.8 Å². The van der Waals surface area contributed by atoms with Crippen LogP contribution in [0.5, 0.6) is 0 Å². The van der Waals surface area contributed by atoms with Crippen LogP contribution >= 0.6 is 0 Å². The average molecular weight is 371 g/mol. The zero-order valence-electron chi connectivity index (χ0n) is 15.7. The zero-order chi connectivity index (χ0) is 19.0. The number of hydrogen-bond acceptors (Lipinski definition) is 5. The lowest BCUT2D eigenvalue weighted by atomic mass is 9.76. The first-order chi connectivity index (χ1) is 13.1. The minimum absolute atomic E-state index is 0.00428. The molecule has 1 aromatic heterocycles. The van der Waals surface area contributed by atoms with Crippen molar-refractivity contribution in [2.45, 2.75) is 18.1 Å². The largest absolute Gasteiger partial charge is 0.383 e. The predicted molar refractivity (Wildman–Crippen MR) is 97.8 cm³/mol. The highest BCUT2D eigenvalue weighted by Crippen LogP contribution is 2.52. The lowest BCUT2D eigenvalue weighted by Crippen LogP contribution is -2.45. The summed E-state index contributed by atoms with van der Waals surface area (Å²) in [6.45, 7) is 2.05. The number of ether oxygens (including phenoxy) is 2. The fourth-order valence-corrected chi connectivity index (χ4v) is 4.44. The Balaban J connectivity index is 1.46. The van der Waals surface area contributed by atoms with E-state index in [9.17, 15) is 9.59 Å². The van der Waals surface area contributed by atoms with Crippen LogP contribution in [0.2, 0.25) is 0 Å². The van der Waals surface area contributed by atoms with Gasteiger partial charge in [0.15, 0.2) is 0 Å². The Morgan fingerprint density at radius 3 is 3.07 bits per heavy atom. The van der Waals surface area contributed by atoms with E-state index in [1.807, 2.05) is 30.4 Å². The third kappa shape index (κ3) is 3.04. The molecular formula is C20H25N3O4. The summed E-state index contributed by atoms with van der Waals surface area (Å²) >= 11 is 0. The van der Waals surface area contributed by atoms with Crippen LogP contribution in [0.3, 0.4) is 0 Å². The van der Waals surface area contributed by atoms with Gasteiger partial charge in [-0.25, -0.2) is 0 Å². The minimum Gasteiger partial charge on any atom is -0.383 e. The summed E-state index contributed by atoms with van der Waals surface area (Å²) in [4.78, 5) is 33.9. The summed E-state index contributed by atoms with van der Waals surface area (Å²) in [5, 5.41) is 0. The van der Waals surface area contributed by atoms with Gasteiger partial charge in [0.25, 0.3) is 0 Å². The van der Waals surface area contributed by atoms with Crippen molar-refractivity contribution in [2.24, 2.45) is 11.8 Å². The van der Waals surface area contributed by atoms with Gasteiger partial charge < -0.3 is 19.3 Å². The summed E-state index contributed by atoms with van der Waals surface area (Å²) in [5.41, 5.74) is 0.290. The molecule has 2 unspecified atom stereocenters.